The number of aromatic nitrogens is 5. The van der Waals surface area contributed by atoms with Crippen molar-refractivity contribution < 1.29 is 9.53 Å². The number of methoxy groups -OCH3 is 1. The number of H-pyrrole nitrogens is 1. The Balaban J connectivity index is 1.78. The van der Waals surface area contributed by atoms with Gasteiger partial charge in [0, 0.05) is 11.8 Å². The first-order valence-corrected chi connectivity index (χ1v) is 6.35. The molecule has 7 heteroatoms. The van der Waals surface area contributed by atoms with Crippen molar-refractivity contribution in [1.29, 1.82) is 0 Å². The maximum Gasteiger partial charge on any atom is 0.205 e. The molecular formula is C14H13N5O2. The summed E-state index contributed by atoms with van der Waals surface area (Å²) in [4.78, 5) is 16.1. The maximum atomic E-state index is 11.9. The molecule has 0 saturated carbocycles. The van der Waals surface area contributed by atoms with E-state index in [4.69, 9.17) is 4.74 Å². The molecule has 1 aromatic carbocycles. The Morgan fingerprint density at radius 2 is 2.24 bits per heavy atom. The van der Waals surface area contributed by atoms with Gasteiger partial charge in [-0.25, -0.2) is 0 Å². The van der Waals surface area contributed by atoms with Crippen molar-refractivity contribution in [2.24, 2.45) is 0 Å². The van der Waals surface area contributed by atoms with Gasteiger partial charge in [0.05, 0.1) is 12.8 Å². The fourth-order valence-corrected chi connectivity index (χ4v) is 1.91. The van der Waals surface area contributed by atoms with Crippen LogP contribution in [0, 0.1) is 0 Å². The Morgan fingerprint density at radius 1 is 1.33 bits per heavy atom. The predicted octanol–water partition coefficient (Wildman–Crippen LogP) is 1.56. The van der Waals surface area contributed by atoms with Gasteiger partial charge in [0.15, 0.2) is 0 Å². The highest BCUT2D eigenvalue weighted by molar-refractivity contribution is 5.93. The highest BCUT2D eigenvalue weighted by Gasteiger charge is 2.11. The van der Waals surface area contributed by atoms with E-state index >= 15 is 0 Å². The van der Waals surface area contributed by atoms with Gasteiger partial charge < -0.3 is 9.72 Å². The van der Waals surface area contributed by atoms with E-state index < -0.39 is 0 Å². The summed E-state index contributed by atoms with van der Waals surface area (Å²) in [5.41, 5.74) is 1.31. The molecule has 0 aliphatic carbocycles. The number of aromatic amines is 1. The van der Waals surface area contributed by atoms with Crippen LogP contribution in [0.1, 0.15) is 10.5 Å². The molecule has 0 unspecified atom stereocenters. The number of carbonyl (C=O) groups excluding carboxylic acids is 1. The van der Waals surface area contributed by atoms with Crippen LogP contribution in [0.4, 0.5) is 0 Å². The quantitative estimate of drug-likeness (QED) is 0.718. The van der Waals surface area contributed by atoms with E-state index in [9.17, 15) is 4.79 Å². The van der Waals surface area contributed by atoms with Crippen LogP contribution in [-0.2, 0) is 6.54 Å². The van der Waals surface area contributed by atoms with E-state index in [1.54, 1.807) is 25.4 Å². The number of rotatable bonds is 5. The summed E-state index contributed by atoms with van der Waals surface area (Å²) in [5.74, 6) is 1.06. The normalized spacial score (nSPS) is 10.5. The van der Waals surface area contributed by atoms with Crippen LogP contribution in [0.2, 0.25) is 0 Å². The van der Waals surface area contributed by atoms with E-state index in [-0.39, 0.29) is 12.3 Å². The molecule has 7 nitrogen and oxygen atoms in total. The van der Waals surface area contributed by atoms with Gasteiger partial charge in [0.25, 0.3) is 0 Å². The minimum absolute atomic E-state index is 0.0392. The van der Waals surface area contributed by atoms with E-state index in [0.717, 1.165) is 5.56 Å². The van der Waals surface area contributed by atoms with Crippen LogP contribution in [0.25, 0.3) is 11.4 Å². The summed E-state index contributed by atoms with van der Waals surface area (Å²) in [7, 11) is 1.60. The number of hydrogen-bond acceptors (Lipinski definition) is 5. The van der Waals surface area contributed by atoms with Gasteiger partial charge in [-0.1, -0.05) is 12.1 Å². The zero-order valence-electron chi connectivity index (χ0n) is 11.4. The van der Waals surface area contributed by atoms with Gasteiger partial charge in [-0.05, 0) is 29.5 Å². The number of Topliss-reactive ketones (excluding diaryl/α,β-unsaturated/α-hetero) is 1. The van der Waals surface area contributed by atoms with Crippen LogP contribution >= 0.6 is 0 Å². The zero-order valence-corrected chi connectivity index (χ0v) is 11.4. The number of benzene rings is 1. The van der Waals surface area contributed by atoms with Gasteiger partial charge in [-0.15, -0.1) is 10.2 Å². The second kappa shape index (κ2) is 5.58. The smallest absolute Gasteiger partial charge is 0.205 e. The number of tetrazole rings is 1. The molecule has 0 bridgehead atoms. The standard InChI is InChI=1S/C14H13N5O2/c1-21-11-5-2-4-10(8-11)14-16-18-19(17-14)9-13(20)12-6-3-7-15-12/h2-8,15H,9H2,1H3. The van der Waals surface area contributed by atoms with Crippen molar-refractivity contribution in [3.8, 4) is 17.1 Å². The molecule has 0 aliphatic heterocycles. The Bertz CT molecular complexity index is 748. The van der Waals surface area contributed by atoms with Crippen molar-refractivity contribution in [2.45, 2.75) is 6.54 Å². The van der Waals surface area contributed by atoms with Crippen molar-refractivity contribution in [1.82, 2.24) is 25.2 Å². The van der Waals surface area contributed by atoms with Crippen LogP contribution in [0.5, 0.6) is 5.75 Å². The molecular weight excluding hydrogens is 270 g/mol. The van der Waals surface area contributed by atoms with E-state index in [0.29, 0.717) is 17.3 Å². The molecule has 106 valence electrons. The first-order valence-electron chi connectivity index (χ1n) is 6.35. The fourth-order valence-electron chi connectivity index (χ4n) is 1.91. The third-order valence-electron chi connectivity index (χ3n) is 2.96. The largest absolute Gasteiger partial charge is 0.497 e. The van der Waals surface area contributed by atoms with Gasteiger partial charge in [0.2, 0.25) is 11.6 Å². The highest BCUT2D eigenvalue weighted by atomic mass is 16.5. The first-order chi connectivity index (χ1) is 10.3. The molecule has 0 aliphatic rings. The van der Waals surface area contributed by atoms with Crippen molar-refractivity contribution in [3.05, 3.63) is 48.3 Å². The molecule has 0 radical (unpaired) electrons. The molecule has 0 saturated heterocycles. The molecule has 3 rings (SSSR count). The van der Waals surface area contributed by atoms with Crippen LogP contribution in [0.3, 0.4) is 0 Å². The topological polar surface area (TPSA) is 85.7 Å². The second-order valence-corrected chi connectivity index (χ2v) is 4.38. The minimum atomic E-state index is -0.102. The average Bonchev–Trinajstić information content (AvgIpc) is 3.18. The number of ether oxygens (including phenoxy) is 1. The van der Waals surface area contributed by atoms with Crippen molar-refractivity contribution in [2.75, 3.05) is 7.11 Å². The summed E-state index contributed by atoms with van der Waals surface area (Å²) in [6.07, 6.45) is 1.70. The Labute approximate surface area is 120 Å². The average molecular weight is 283 g/mol. The molecule has 3 aromatic rings. The van der Waals surface area contributed by atoms with E-state index in [2.05, 4.69) is 20.4 Å². The third kappa shape index (κ3) is 2.81. The predicted molar refractivity (Wildman–Crippen MR) is 74.9 cm³/mol. The summed E-state index contributed by atoms with van der Waals surface area (Å²) >= 11 is 0. The summed E-state index contributed by atoms with van der Waals surface area (Å²) in [6.45, 7) is 0.0392. The van der Waals surface area contributed by atoms with E-state index in [1.165, 1.54) is 4.80 Å². The van der Waals surface area contributed by atoms with Crippen molar-refractivity contribution in [3.63, 3.8) is 0 Å². The molecule has 1 N–H and O–H groups in total. The van der Waals surface area contributed by atoms with E-state index in [1.807, 2.05) is 24.3 Å². The van der Waals surface area contributed by atoms with Gasteiger partial charge in [0.1, 0.15) is 12.3 Å². The lowest BCUT2D eigenvalue weighted by Gasteiger charge is -2.00. The van der Waals surface area contributed by atoms with Gasteiger partial charge >= 0.3 is 0 Å². The van der Waals surface area contributed by atoms with Crippen LogP contribution in [0.15, 0.2) is 42.6 Å². The number of carbonyl (C=O) groups is 1. The van der Waals surface area contributed by atoms with Crippen molar-refractivity contribution >= 4 is 5.78 Å². The minimum Gasteiger partial charge on any atom is -0.497 e. The number of nitrogens with one attached hydrogen (secondary N) is 1. The Hall–Kier alpha value is -2.96. The SMILES string of the molecule is COc1cccc(-c2nnn(CC(=O)c3ccc[nH]3)n2)c1. The lowest BCUT2D eigenvalue weighted by atomic mass is 10.2. The zero-order chi connectivity index (χ0) is 14.7. The first kappa shape index (κ1) is 13.0. The van der Waals surface area contributed by atoms with Crippen LogP contribution < -0.4 is 4.74 Å². The molecule has 2 heterocycles. The maximum absolute atomic E-state index is 11.9. The lowest BCUT2D eigenvalue weighted by molar-refractivity contribution is 0.0957. The number of nitrogens with zero attached hydrogens (tertiary/aromatic N) is 4. The molecule has 21 heavy (non-hydrogen) atoms. The summed E-state index contributed by atoms with van der Waals surface area (Å²) in [6, 6.07) is 10.8. The Kier molecular flexibility index (Phi) is 3.46. The number of hydrogen-bond donors (Lipinski definition) is 1. The summed E-state index contributed by atoms with van der Waals surface area (Å²) in [5, 5.41) is 12.1. The lowest BCUT2D eigenvalue weighted by Crippen LogP contribution is -2.13. The molecule has 0 spiro atoms. The summed E-state index contributed by atoms with van der Waals surface area (Å²) < 4.78 is 5.16. The molecule has 2 aromatic heterocycles. The fraction of sp³-hybridized carbons (Fsp3) is 0.143. The Morgan fingerprint density at radius 3 is 3.00 bits per heavy atom. The van der Waals surface area contributed by atoms with Crippen LogP contribution in [-0.4, -0.2) is 38.1 Å². The molecule has 0 fully saturated rings. The van der Waals surface area contributed by atoms with Gasteiger partial charge in [-0.3, -0.25) is 4.79 Å². The second-order valence-electron chi connectivity index (χ2n) is 4.38. The highest BCUT2D eigenvalue weighted by Crippen LogP contribution is 2.19. The monoisotopic (exact) mass is 283 g/mol. The third-order valence-corrected chi connectivity index (χ3v) is 2.96. The number of ketones is 1. The molecule has 0 atom stereocenters. The van der Waals surface area contributed by atoms with Gasteiger partial charge in [-0.2, -0.15) is 4.80 Å². The molecule has 0 amide bonds.